The van der Waals surface area contributed by atoms with Crippen molar-refractivity contribution in [2.75, 3.05) is 17.6 Å². The number of nitrogens with two attached hydrogens (primary N) is 1. The number of anilines is 2. The summed E-state index contributed by atoms with van der Waals surface area (Å²) in [6.45, 7) is 4.84. The lowest BCUT2D eigenvalue weighted by Gasteiger charge is -2.04. The van der Waals surface area contributed by atoms with E-state index < -0.39 is 0 Å². The van der Waals surface area contributed by atoms with E-state index in [4.69, 9.17) is 5.73 Å². The second-order valence-electron chi connectivity index (χ2n) is 2.46. The highest BCUT2D eigenvalue weighted by Gasteiger charge is 1.95. The van der Waals surface area contributed by atoms with Crippen molar-refractivity contribution in [2.45, 2.75) is 13.8 Å². The third-order valence-corrected chi connectivity index (χ3v) is 1.50. The van der Waals surface area contributed by atoms with Crippen molar-refractivity contribution in [3.05, 3.63) is 17.8 Å². The number of aromatic nitrogens is 1. The molecule has 1 aromatic rings. The smallest absolute Gasteiger partial charge is 0.127 e. The van der Waals surface area contributed by atoms with Gasteiger partial charge in [-0.15, -0.1) is 0 Å². The van der Waals surface area contributed by atoms with Crippen molar-refractivity contribution < 1.29 is 0 Å². The minimum absolute atomic E-state index is 0.788. The van der Waals surface area contributed by atoms with Gasteiger partial charge in [0.25, 0.3) is 0 Å². The number of hydrogen-bond acceptors (Lipinski definition) is 3. The first-order chi connectivity index (χ1) is 5.24. The van der Waals surface area contributed by atoms with Gasteiger partial charge in [-0.3, -0.25) is 0 Å². The Morgan fingerprint density at radius 2 is 2.36 bits per heavy atom. The number of rotatable bonds is 2. The average molecular weight is 151 g/mol. The van der Waals surface area contributed by atoms with Gasteiger partial charge >= 0.3 is 0 Å². The zero-order valence-corrected chi connectivity index (χ0v) is 6.89. The molecule has 0 aromatic carbocycles. The first kappa shape index (κ1) is 7.85. The monoisotopic (exact) mass is 151 g/mol. The number of hydrogen-bond donors (Lipinski definition) is 2. The minimum Gasteiger partial charge on any atom is -0.398 e. The van der Waals surface area contributed by atoms with Gasteiger partial charge in [-0.25, -0.2) is 4.98 Å². The van der Waals surface area contributed by atoms with E-state index in [9.17, 15) is 0 Å². The quantitative estimate of drug-likeness (QED) is 0.671. The predicted molar refractivity (Wildman–Crippen MR) is 47.6 cm³/mol. The SMILES string of the molecule is CCNc1cc(N)c(C)cn1. The molecule has 60 valence electrons. The van der Waals surface area contributed by atoms with Crippen LogP contribution in [-0.4, -0.2) is 11.5 Å². The van der Waals surface area contributed by atoms with Crippen molar-refractivity contribution in [3.8, 4) is 0 Å². The van der Waals surface area contributed by atoms with Crippen LogP contribution in [0, 0.1) is 6.92 Å². The third-order valence-electron chi connectivity index (χ3n) is 1.50. The number of aryl methyl sites for hydroxylation is 1. The van der Waals surface area contributed by atoms with Crippen LogP contribution in [0.2, 0.25) is 0 Å². The molecule has 1 rings (SSSR count). The van der Waals surface area contributed by atoms with E-state index in [2.05, 4.69) is 10.3 Å². The Morgan fingerprint density at radius 1 is 1.64 bits per heavy atom. The van der Waals surface area contributed by atoms with Crippen molar-refractivity contribution in [3.63, 3.8) is 0 Å². The van der Waals surface area contributed by atoms with Crippen molar-refractivity contribution in [1.82, 2.24) is 4.98 Å². The van der Waals surface area contributed by atoms with Gasteiger partial charge in [0, 0.05) is 24.5 Å². The lowest BCUT2D eigenvalue weighted by atomic mass is 10.2. The van der Waals surface area contributed by atoms with Gasteiger partial charge in [0.15, 0.2) is 0 Å². The van der Waals surface area contributed by atoms with Gasteiger partial charge in [-0.2, -0.15) is 0 Å². The summed E-state index contributed by atoms with van der Waals surface area (Å²) in [4.78, 5) is 4.14. The van der Waals surface area contributed by atoms with Crippen LogP contribution in [0.25, 0.3) is 0 Å². The molecule has 0 fully saturated rings. The molecule has 0 spiro atoms. The normalized spacial score (nSPS) is 9.64. The predicted octanol–water partition coefficient (Wildman–Crippen LogP) is 1.40. The summed E-state index contributed by atoms with van der Waals surface area (Å²) >= 11 is 0. The van der Waals surface area contributed by atoms with Gasteiger partial charge in [0.2, 0.25) is 0 Å². The first-order valence-corrected chi connectivity index (χ1v) is 3.70. The highest BCUT2D eigenvalue weighted by molar-refractivity contribution is 5.53. The molecule has 0 bridgehead atoms. The summed E-state index contributed by atoms with van der Waals surface area (Å²) in [6.07, 6.45) is 1.77. The molecule has 3 nitrogen and oxygen atoms in total. The summed E-state index contributed by atoms with van der Waals surface area (Å²) in [6, 6.07) is 1.85. The maximum Gasteiger partial charge on any atom is 0.127 e. The van der Waals surface area contributed by atoms with Crippen LogP contribution in [0.5, 0.6) is 0 Å². The summed E-state index contributed by atoms with van der Waals surface area (Å²) in [5, 5.41) is 3.08. The molecule has 11 heavy (non-hydrogen) atoms. The van der Waals surface area contributed by atoms with Gasteiger partial charge in [-0.1, -0.05) is 0 Å². The van der Waals surface area contributed by atoms with Crippen molar-refractivity contribution in [2.24, 2.45) is 0 Å². The van der Waals surface area contributed by atoms with Crippen LogP contribution in [0.4, 0.5) is 11.5 Å². The van der Waals surface area contributed by atoms with E-state index in [0.29, 0.717) is 0 Å². The molecule has 0 unspecified atom stereocenters. The molecule has 0 aliphatic rings. The molecule has 0 aliphatic carbocycles. The maximum atomic E-state index is 5.67. The summed E-state index contributed by atoms with van der Waals surface area (Å²) in [7, 11) is 0. The Bertz CT molecular complexity index is 245. The minimum atomic E-state index is 0.788. The lowest BCUT2D eigenvalue weighted by Crippen LogP contribution is -2.00. The Labute approximate surface area is 66.6 Å². The molecule has 0 saturated carbocycles. The number of nitrogens with zero attached hydrogens (tertiary/aromatic N) is 1. The standard InChI is InChI=1S/C8H13N3/c1-3-10-8-4-7(9)6(2)5-11-8/h4-5H,3H2,1-2H3,(H3,9,10,11). The zero-order chi connectivity index (χ0) is 8.27. The molecule has 1 aromatic heterocycles. The molecular weight excluding hydrogens is 138 g/mol. The van der Waals surface area contributed by atoms with Crippen LogP contribution in [0.15, 0.2) is 12.3 Å². The Kier molecular flexibility index (Phi) is 2.31. The fourth-order valence-electron chi connectivity index (χ4n) is 0.817. The van der Waals surface area contributed by atoms with Crippen LogP contribution in [0.3, 0.4) is 0 Å². The van der Waals surface area contributed by atoms with E-state index in [1.165, 1.54) is 0 Å². The fraction of sp³-hybridized carbons (Fsp3) is 0.375. The van der Waals surface area contributed by atoms with Crippen LogP contribution >= 0.6 is 0 Å². The number of pyridine rings is 1. The summed E-state index contributed by atoms with van der Waals surface area (Å²) in [5.41, 5.74) is 7.48. The topological polar surface area (TPSA) is 50.9 Å². The van der Waals surface area contributed by atoms with E-state index in [1.807, 2.05) is 19.9 Å². The number of nitrogens with one attached hydrogen (secondary N) is 1. The molecule has 0 aliphatic heterocycles. The van der Waals surface area contributed by atoms with Crippen LogP contribution < -0.4 is 11.1 Å². The van der Waals surface area contributed by atoms with Gasteiger partial charge in [0.1, 0.15) is 5.82 Å². The summed E-state index contributed by atoms with van der Waals surface area (Å²) < 4.78 is 0. The Morgan fingerprint density at radius 3 is 2.91 bits per heavy atom. The molecule has 3 heteroatoms. The number of nitrogen functional groups attached to an aromatic ring is 1. The van der Waals surface area contributed by atoms with Gasteiger partial charge in [-0.05, 0) is 19.4 Å². The lowest BCUT2D eigenvalue weighted by molar-refractivity contribution is 1.15. The van der Waals surface area contributed by atoms with E-state index in [-0.39, 0.29) is 0 Å². The van der Waals surface area contributed by atoms with E-state index in [0.717, 1.165) is 23.6 Å². The van der Waals surface area contributed by atoms with E-state index in [1.54, 1.807) is 6.20 Å². The zero-order valence-electron chi connectivity index (χ0n) is 6.89. The molecule has 0 radical (unpaired) electrons. The third kappa shape index (κ3) is 1.83. The largest absolute Gasteiger partial charge is 0.398 e. The molecule has 0 saturated heterocycles. The molecule has 1 heterocycles. The van der Waals surface area contributed by atoms with Gasteiger partial charge < -0.3 is 11.1 Å². The Hall–Kier alpha value is -1.25. The highest BCUT2D eigenvalue weighted by Crippen LogP contribution is 2.12. The highest BCUT2D eigenvalue weighted by atomic mass is 15.0. The van der Waals surface area contributed by atoms with Crippen molar-refractivity contribution in [1.29, 1.82) is 0 Å². The molecule has 3 N–H and O–H groups in total. The van der Waals surface area contributed by atoms with Crippen LogP contribution in [-0.2, 0) is 0 Å². The molecule has 0 atom stereocenters. The van der Waals surface area contributed by atoms with E-state index >= 15 is 0 Å². The average Bonchev–Trinajstić information content (AvgIpc) is 1.98. The first-order valence-electron chi connectivity index (χ1n) is 3.70. The van der Waals surface area contributed by atoms with Crippen molar-refractivity contribution >= 4 is 11.5 Å². The molecular formula is C8H13N3. The van der Waals surface area contributed by atoms with Gasteiger partial charge in [0.05, 0.1) is 0 Å². The second-order valence-corrected chi connectivity index (χ2v) is 2.46. The fourth-order valence-corrected chi connectivity index (χ4v) is 0.817. The molecule has 0 amide bonds. The second kappa shape index (κ2) is 3.23. The maximum absolute atomic E-state index is 5.67. The Balaban J connectivity index is 2.86. The van der Waals surface area contributed by atoms with Crippen LogP contribution in [0.1, 0.15) is 12.5 Å². The summed E-state index contributed by atoms with van der Waals surface area (Å²) in [5.74, 6) is 0.843.